The summed E-state index contributed by atoms with van der Waals surface area (Å²) in [5.41, 5.74) is 0.984. The first-order valence-electron chi connectivity index (χ1n) is 8.49. The lowest BCUT2D eigenvalue weighted by atomic mass is 10.2. The van der Waals surface area contributed by atoms with Gasteiger partial charge in [0.1, 0.15) is 17.8 Å². The Kier molecular flexibility index (Phi) is 6.30. The van der Waals surface area contributed by atoms with E-state index < -0.39 is 4.92 Å². The van der Waals surface area contributed by atoms with Crippen molar-refractivity contribution in [3.05, 3.63) is 69.5 Å². The normalized spacial score (nSPS) is 10.3. The van der Waals surface area contributed by atoms with E-state index in [4.69, 9.17) is 21.1 Å². The quantitative estimate of drug-likeness (QED) is 0.411. The van der Waals surface area contributed by atoms with Gasteiger partial charge < -0.3 is 20.1 Å². The molecular weight excluding hydrogens is 398 g/mol. The fourth-order valence-corrected chi connectivity index (χ4v) is 2.83. The number of ether oxygens (including phenoxy) is 2. The molecule has 1 aromatic heterocycles. The summed E-state index contributed by atoms with van der Waals surface area (Å²) < 4.78 is 10.5. The molecule has 0 unspecified atom stereocenters. The van der Waals surface area contributed by atoms with Gasteiger partial charge in [-0.3, -0.25) is 10.1 Å². The van der Waals surface area contributed by atoms with Crippen molar-refractivity contribution >= 4 is 34.6 Å². The number of methoxy groups -OCH3 is 2. The summed E-state index contributed by atoms with van der Waals surface area (Å²) in [5.74, 6) is 1.13. The van der Waals surface area contributed by atoms with E-state index in [1.807, 2.05) is 18.2 Å². The fourth-order valence-electron chi connectivity index (χ4n) is 2.62. The van der Waals surface area contributed by atoms with Crippen molar-refractivity contribution in [2.24, 2.45) is 0 Å². The molecule has 0 radical (unpaired) electrons. The maximum Gasteiger partial charge on any atom is 0.353 e. The van der Waals surface area contributed by atoms with Crippen LogP contribution in [0.15, 0.2) is 48.8 Å². The van der Waals surface area contributed by atoms with E-state index in [0.717, 1.165) is 5.56 Å². The number of nitro groups is 1. The Morgan fingerprint density at radius 2 is 1.86 bits per heavy atom. The number of rotatable bonds is 8. The summed E-state index contributed by atoms with van der Waals surface area (Å²) in [4.78, 5) is 19.2. The van der Waals surface area contributed by atoms with Crippen LogP contribution in [0.4, 0.5) is 23.0 Å². The highest BCUT2D eigenvalue weighted by molar-refractivity contribution is 6.31. The van der Waals surface area contributed by atoms with Gasteiger partial charge in [-0.2, -0.15) is 0 Å². The monoisotopic (exact) mass is 415 g/mol. The third-order valence-electron chi connectivity index (χ3n) is 4.07. The highest BCUT2D eigenvalue weighted by Crippen LogP contribution is 2.36. The predicted molar refractivity (Wildman–Crippen MR) is 110 cm³/mol. The lowest BCUT2D eigenvalue weighted by molar-refractivity contribution is -0.383. The largest absolute Gasteiger partial charge is 0.497 e. The lowest BCUT2D eigenvalue weighted by Crippen LogP contribution is -2.08. The van der Waals surface area contributed by atoms with E-state index in [9.17, 15) is 10.1 Å². The molecule has 0 aliphatic carbocycles. The Hall–Kier alpha value is -3.59. The fraction of sp³-hybridized carbons (Fsp3) is 0.158. The average Bonchev–Trinajstić information content (AvgIpc) is 2.73. The second-order valence-corrected chi connectivity index (χ2v) is 6.22. The number of aromatic nitrogens is 2. The molecule has 0 saturated heterocycles. The Bertz CT molecular complexity index is 1030. The highest BCUT2D eigenvalue weighted by atomic mass is 35.5. The zero-order valence-corrected chi connectivity index (χ0v) is 16.4. The van der Waals surface area contributed by atoms with Crippen molar-refractivity contribution in [3.63, 3.8) is 0 Å². The second kappa shape index (κ2) is 9.07. The van der Waals surface area contributed by atoms with Crippen LogP contribution in [0.5, 0.6) is 11.5 Å². The molecule has 0 spiro atoms. The van der Waals surface area contributed by atoms with Gasteiger partial charge in [-0.1, -0.05) is 29.8 Å². The van der Waals surface area contributed by atoms with Crippen molar-refractivity contribution in [3.8, 4) is 11.5 Å². The molecule has 3 aromatic rings. The highest BCUT2D eigenvalue weighted by Gasteiger charge is 2.24. The van der Waals surface area contributed by atoms with Crippen molar-refractivity contribution in [1.29, 1.82) is 0 Å². The van der Waals surface area contributed by atoms with Gasteiger partial charge in [-0.25, -0.2) is 9.97 Å². The lowest BCUT2D eigenvalue weighted by Gasteiger charge is -2.13. The van der Waals surface area contributed by atoms with Gasteiger partial charge in [0.2, 0.25) is 11.6 Å². The molecule has 0 fully saturated rings. The Morgan fingerprint density at radius 1 is 1.10 bits per heavy atom. The van der Waals surface area contributed by atoms with Gasteiger partial charge in [-0.05, 0) is 23.8 Å². The van der Waals surface area contributed by atoms with Gasteiger partial charge in [0.05, 0.1) is 24.8 Å². The van der Waals surface area contributed by atoms with Gasteiger partial charge in [0, 0.05) is 17.6 Å². The van der Waals surface area contributed by atoms with Gasteiger partial charge >= 0.3 is 5.69 Å². The zero-order valence-electron chi connectivity index (χ0n) is 15.7. The van der Waals surface area contributed by atoms with E-state index in [1.165, 1.54) is 20.5 Å². The van der Waals surface area contributed by atoms with Crippen molar-refractivity contribution in [1.82, 2.24) is 9.97 Å². The molecule has 0 amide bonds. The van der Waals surface area contributed by atoms with E-state index >= 15 is 0 Å². The van der Waals surface area contributed by atoms with Crippen LogP contribution in [-0.4, -0.2) is 29.1 Å². The summed E-state index contributed by atoms with van der Waals surface area (Å²) in [6.07, 6.45) is 1.24. The van der Waals surface area contributed by atoms with Crippen LogP contribution < -0.4 is 20.1 Å². The topological polar surface area (TPSA) is 111 Å². The van der Waals surface area contributed by atoms with E-state index in [0.29, 0.717) is 22.2 Å². The van der Waals surface area contributed by atoms with Crippen LogP contribution in [0, 0.1) is 10.1 Å². The Morgan fingerprint density at radius 3 is 2.55 bits per heavy atom. The average molecular weight is 416 g/mol. The molecule has 0 aliphatic rings. The van der Waals surface area contributed by atoms with Crippen molar-refractivity contribution < 1.29 is 14.4 Å². The first kappa shape index (κ1) is 20.2. The van der Waals surface area contributed by atoms with Crippen molar-refractivity contribution in [2.45, 2.75) is 6.54 Å². The summed E-state index contributed by atoms with van der Waals surface area (Å²) in [5, 5.41) is 18.2. The van der Waals surface area contributed by atoms with Gasteiger partial charge in [0.25, 0.3) is 0 Å². The zero-order chi connectivity index (χ0) is 20.8. The molecule has 2 aromatic carbocycles. The molecule has 10 heteroatoms. The predicted octanol–water partition coefficient (Wildman–Crippen LogP) is 4.41. The standard InChI is InChI=1S/C19H18ClN5O4/c1-28-13-7-8-15(16(9-13)29-2)24-19-17(25(26)27)18(22-11-23-19)21-10-12-5-3-4-6-14(12)20/h3-9,11H,10H2,1-2H3,(H2,21,22,23,24). The Balaban J connectivity index is 1.91. The molecule has 9 nitrogen and oxygen atoms in total. The number of nitrogens with one attached hydrogen (secondary N) is 2. The van der Waals surface area contributed by atoms with Crippen LogP contribution >= 0.6 is 11.6 Å². The smallest absolute Gasteiger partial charge is 0.353 e. The number of anilines is 3. The van der Waals surface area contributed by atoms with Crippen LogP contribution in [0.2, 0.25) is 5.02 Å². The molecule has 2 N–H and O–H groups in total. The van der Waals surface area contributed by atoms with E-state index in [2.05, 4.69) is 20.6 Å². The molecule has 0 aliphatic heterocycles. The molecule has 0 bridgehead atoms. The number of benzene rings is 2. The van der Waals surface area contributed by atoms with Gasteiger partial charge in [-0.15, -0.1) is 0 Å². The number of nitrogens with zero attached hydrogens (tertiary/aromatic N) is 3. The number of halogens is 1. The van der Waals surface area contributed by atoms with Crippen LogP contribution in [0.1, 0.15) is 5.56 Å². The van der Waals surface area contributed by atoms with Crippen LogP contribution in [0.25, 0.3) is 0 Å². The van der Waals surface area contributed by atoms with Crippen LogP contribution in [-0.2, 0) is 6.54 Å². The molecule has 0 saturated carbocycles. The van der Waals surface area contributed by atoms with Crippen molar-refractivity contribution in [2.75, 3.05) is 24.9 Å². The minimum absolute atomic E-state index is 0.0233. The minimum Gasteiger partial charge on any atom is -0.497 e. The summed E-state index contributed by atoms with van der Waals surface area (Å²) in [6, 6.07) is 12.3. The SMILES string of the molecule is COc1ccc(Nc2ncnc(NCc3ccccc3Cl)c2[N+](=O)[O-])c(OC)c1. The minimum atomic E-state index is -0.548. The van der Waals surface area contributed by atoms with Crippen LogP contribution in [0.3, 0.4) is 0 Å². The molecule has 29 heavy (non-hydrogen) atoms. The molecule has 1 heterocycles. The molecule has 3 rings (SSSR count). The van der Waals surface area contributed by atoms with E-state index in [-0.39, 0.29) is 23.9 Å². The summed E-state index contributed by atoms with van der Waals surface area (Å²) in [7, 11) is 3.03. The van der Waals surface area contributed by atoms with Gasteiger partial charge in [0.15, 0.2) is 0 Å². The summed E-state index contributed by atoms with van der Waals surface area (Å²) >= 11 is 6.15. The maximum absolute atomic E-state index is 11.7. The Labute approximate surface area is 171 Å². The summed E-state index contributed by atoms with van der Waals surface area (Å²) in [6.45, 7) is 0.267. The third-order valence-corrected chi connectivity index (χ3v) is 4.44. The molecule has 150 valence electrons. The van der Waals surface area contributed by atoms with E-state index in [1.54, 1.807) is 24.3 Å². The number of hydrogen-bond donors (Lipinski definition) is 2. The third kappa shape index (κ3) is 4.64. The number of hydrogen-bond acceptors (Lipinski definition) is 8. The molecular formula is C19H18ClN5O4. The maximum atomic E-state index is 11.7. The second-order valence-electron chi connectivity index (χ2n) is 5.81. The first-order valence-corrected chi connectivity index (χ1v) is 8.87. The first-order chi connectivity index (χ1) is 14.0. The molecule has 0 atom stereocenters.